The lowest BCUT2D eigenvalue weighted by Crippen LogP contribution is -2.29. The minimum absolute atomic E-state index is 0.179. The fraction of sp³-hybridized carbons (Fsp3) is 0.227. The summed E-state index contributed by atoms with van der Waals surface area (Å²) in [6.45, 7) is 7.81. The van der Waals surface area contributed by atoms with Crippen LogP contribution in [-0.2, 0) is 11.3 Å². The third-order valence-corrected chi connectivity index (χ3v) is 5.14. The largest absolute Gasteiger partial charge is 0.324 e. The molecule has 0 saturated carbocycles. The summed E-state index contributed by atoms with van der Waals surface area (Å²) >= 11 is 6.09. The van der Waals surface area contributed by atoms with E-state index >= 15 is 0 Å². The van der Waals surface area contributed by atoms with Crippen molar-refractivity contribution in [2.75, 3.05) is 5.32 Å². The van der Waals surface area contributed by atoms with Gasteiger partial charge in [0, 0.05) is 22.3 Å². The Kier molecular flexibility index (Phi) is 5.66. The molecular weight excluding hydrogens is 374 g/mol. The molecule has 1 N–H and O–H groups in total. The van der Waals surface area contributed by atoms with Gasteiger partial charge < -0.3 is 5.32 Å². The molecular formula is C22H22ClN3O2. The van der Waals surface area contributed by atoms with Crippen LogP contribution in [0.3, 0.4) is 0 Å². The lowest BCUT2D eigenvalue weighted by atomic mass is 9.99. The highest BCUT2D eigenvalue weighted by Gasteiger charge is 2.11. The number of aromatic nitrogens is 2. The van der Waals surface area contributed by atoms with E-state index in [0.717, 1.165) is 22.3 Å². The van der Waals surface area contributed by atoms with E-state index in [2.05, 4.69) is 29.5 Å². The van der Waals surface area contributed by atoms with E-state index in [1.54, 1.807) is 18.2 Å². The first-order valence-corrected chi connectivity index (χ1v) is 9.35. The summed E-state index contributed by atoms with van der Waals surface area (Å²) in [5.74, 6) is -0.344. The van der Waals surface area contributed by atoms with E-state index in [1.807, 2.05) is 26.8 Å². The summed E-state index contributed by atoms with van der Waals surface area (Å²) in [6, 6.07) is 12.5. The first kappa shape index (κ1) is 19.8. The van der Waals surface area contributed by atoms with Gasteiger partial charge in [0.05, 0.1) is 5.69 Å². The van der Waals surface area contributed by atoms with Crippen LogP contribution in [0.4, 0.5) is 5.69 Å². The predicted octanol–water partition coefficient (Wildman–Crippen LogP) is 4.44. The zero-order valence-electron chi connectivity index (χ0n) is 16.3. The molecule has 0 fully saturated rings. The molecule has 0 aliphatic heterocycles. The number of carbonyl (C=O) groups excluding carboxylic acids is 1. The number of nitrogens with zero attached hydrogens (tertiary/aromatic N) is 2. The van der Waals surface area contributed by atoms with Gasteiger partial charge in [-0.05, 0) is 74.2 Å². The van der Waals surface area contributed by atoms with Gasteiger partial charge in [-0.15, -0.1) is 0 Å². The molecule has 1 amide bonds. The Morgan fingerprint density at radius 2 is 1.68 bits per heavy atom. The van der Waals surface area contributed by atoms with Crippen LogP contribution in [0, 0.1) is 27.7 Å². The van der Waals surface area contributed by atoms with Gasteiger partial charge >= 0.3 is 0 Å². The second-order valence-corrected chi connectivity index (χ2v) is 7.39. The van der Waals surface area contributed by atoms with E-state index in [0.29, 0.717) is 16.4 Å². The molecule has 144 valence electrons. The molecule has 2 aromatic carbocycles. The number of nitrogens with one attached hydrogen (secondary N) is 1. The number of hydrogen-bond acceptors (Lipinski definition) is 3. The number of amides is 1. The number of aryl methyl sites for hydroxylation is 4. The fourth-order valence-electron chi connectivity index (χ4n) is 2.95. The minimum atomic E-state index is -0.344. The highest BCUT2D eigenvalue weighted by Crippen LogP contribution is 2.24. The number of carbonyl (C=O) groups is 1. The summed E-state index contributed by atoms with van der Waals surface area (Å²) in [6.07, 6.45) is 0. The first-order valence-electron chi connectivity index (χ1n) is 8.97. The number of rotatable bonds is 4. The summed E-state index contributed by atoms with van der Waals surface area (Å²) in [5.41, 5.74) is 6.19. The van der Waals surface area contributed by atoms with Crippen molar-refractivity contribution < 1.29 is 4.79 Å². The molecule has 3 aromatic rings. The predicted molar refractivity (Wildman–Crippen MR) is 113 cm³/mol. The number of benzene rings is 2. The second kappa shape index (κ2) is 7.98. The van der Waals surface area contributed by atoms with Crippen molar-refractivity contribution in [3.63, 3.8) is 0 Å². The molecule has 0 radical (unpaired) electrons. The van der Waals surface area contributed by atoms with Gasteiger partial charge in [0.2, 0.25) is 5.91 Å². The molecule has 1 heterocycles. The molecule has 0 atom stereocenters. The maximum absolute atomic E-state index is 12.4. The second-order valence-electron chi connectivity index (χ2n) is 6.98. The normalized spacial score (nSPS) is 10.8. The third kappa shape index (κ3) is 4.31. The van der Waals surface area contributed by atoms with Crippen molar-refractivity contribution in [3.05, 3.63) is 80.1 Å². The van der Waals surface area contributed by atoms with Crippen LogP contribution < -0.4 is 10.9 Å². The van der Waals surface area contributed by atoms with Gasteiger partial charge in [0.15, 0.2) is 0 Å². The topological polar surface area (TPSA) is 64.0 Å². The van der Waals surface area contributed by atoms with Crippen LogP contribution in [-0.4, -0.2) is 15.7 Å². The molecule has 1 aromatic heterocycles. The van der Waals surface area contributed by atoms with Crippen molar-refractivity contribution in [1.29, 1.82) is 0 Å². The minimum Gasteiger partial charge on any atom is -0.324 e. The average Bonchev–Trinajstić information content (AvgIpc) is 2.63. The van der Waals surface area contributed by atoms with E-state index in [4.69, 9.17) is 11.6 Å². The van der Waals surface area contributed by atoms with Crippen LogP contribution in [0.5, 0.6) is 0 Å². The Labute approximate surface area is 169 Å². The van der Waals surface area contributed by atoms with Gasteiger partial charge in [0.1, 0.15) is 6.54 Å². The van der Waals surface area contributed by atoms with E-state index < -0.39 is 0 Å². The van der Waals surface area contributed by atoms with Crippen molar-refractivity contribution in [1.82, 2.24) is 9.78 Å². The van der Waals surface area contributed by atoms with Gasteiger partial charge in [-0.3, -0.25) is 9.59 Å². The zero-order valence-corrected chi connectivity index (χ0v) is 17.1. The van der Waals surface area contributed by atoms with Crippen LogP contribution >= 0.6 is 11.6 Å². The molecule has 0 spiro atoms. The molecule has 0 saturated heterocycles. The van der Waals surface area contributed by atoms with E-state index in [1.165, 1.54) is 16.3 Å². The van der Waals surface area contributed by atoms with E-state index in [9.17, 15) is 9.59 Å². The standard InChI is InChI=1S/C22H22ClN3O2/c1-13-5-6-17(11-19(13)23)24-21(27)12-26-22(28)8-7-20(25-26)18-10-15(3)14(2)9-16(18)4/h5-11H,12H2,1-4H3,(H,24,27). The Morgan fingerprint density at radius 3 is 2.39 bits per heavy atom. The van der Waals surface area contributed by atoms with Crippen molar-refractivity contribution in [3.8, 4) is 11.3 Å². The zero-order chi connectivity index (χ0) is 20.4. The summed E-state index contributed by atoms with van der Waals surface area (Å²) in [5, 5.41) is 7.72. The monoisotopic (exact) mass is 395 g/mol. The lowest BCUT2D eigenvalue weighted by Gasteiger charge is -2.12. The third-order valence-electron chi connectivity index (χ3n) is 4.73. The fourth-order valence-corrected chi connectivity index (χ4v) is 3.13. The highest BCUT2D eigenvalue weighted by atomic mass is 35.5. The highest BCUT2D eigenvalue weighted by molar-refractivity contribution is 6.31. The first-order chi connectivity index (χ1) is 13.2. The molecule has 0 bridgehead atoms. The van der Waals surface area contributed by atoms with Crippen LogP contribution in [0.15, 0.2) is 47.3 Å². The van der Waals surface area contributed by atoms with Crippen molar-refractivity contribution >= 4 is 23.2 Å². The van der Waals surface area contributed by atoms with Gasteiger partial charge in [-0.2, -0.15) is 5.10 Å². The molecule has 6 heteroatoms. The maximum atomic E-state index is 12.4. The number of hydrogen-bond donors (Lipinski definition) is 1. The van der Waals surface area contributed by atoms with Crippen molar-refractivity contribution in [2.45, 2.75) is 34.2 Å². The smallest absolute Gasteiger partial charge is 0.267 e. The molecule has 0 aliphatic rings. The molecule has 0 unspecified atom stereocenters. The van der Waals surface area contributed by atoms with Crippen LogP contribution in [0.1, 0.15) is 22.3 Å². The number of anilines is 1. The SMILES string of the molecule is Cc1cc(C)c(-c2ccc(=O)n(CC(=O)Nc3ccc(C)c(Cl)c3)n2)cc1C. The maximum Gasteiger partial charge on any atom is 0.267 e. The summed E-state index contributed by atoms with van der Waals surface area (Å²) < 4.78 is 1.18. The van der Waals surface area contributed by atoms with Gasteiger partial charge in [0.25, 0.3) is 5.56 Å². The molecule has 3 rings (SSSR count). The lowest BCUT2D eigenvalue weighted by molar-refractivity contribution is -0.117. The Balaban J connectivity index is 1.86. The Hall–Kier alpha value is -2.92. The van der Waals surface area contributed by atoms with Gasteiger partial charge in [-0.1, -0.05) is 23.7 Å². The van der Waals surface area contributed by atoms with Gasteiger partial charge in [-0.25, -0.2) is 4.68 Å². The molecule has 28 heavy (non-hydrogen) atoms. The summed E-state index contributed by atoms with van der Waals surface area (Å²) in [7, 11) is 0. The molecule has 5 nitrogen and oxygen atoms in total. The van der Waals surface area contributed by atoms with Crippen LogP contribution in [0.25, 0.3) is 11.3 Å². The van der Waals surface area contributed by atoms with Crippen LogP contribution in [0.2, 0.25) is 5.02 Å². The quantitative estimate of drug-likeness (QED) is 0.710. The van der Waals surface area contributed by atoms with Crippen molar-refractivity contribution in [2.24, 2.45) is 0 Å². The average molecular weight is 396 g/mol. The Morgan fingerprint density at radius 1 is 0.964 bits per heavy atom. The number of halogens is 1. The molecule has 0 aliphatic carbocycles. The summed E-state index contributed by atoms with van der Waals surface area (Å²) in [4.78, 5) is 24.6. The Bertz CT molecular complexity index is 1120. The van der Waals surface area contributed by atoms with E-state index in [-0.39, 0.29) is 18.0 Å².